The molecule has 1 aromatic heterocycles. The van der Waals surface area contributed by atoms with Gasteiger partial charge in [0.25, 0.3) is 0 Å². The van der Waals surface area contributed by atoms with Crippen molar-refractivity contribution in [2.75, 3.05) is 0 Å². The smallest absolute Gasteiger partial charge is 0.260 e. The molecule has 0 atom stereocenters. The van der Waals surface area contributed by atoms with Gasteiger partial charge in [0.1, 0.15) is 0 Å². The van der Waals surface area contributed by atoms with Gasteiger partial charge in [0, 0.05) is 0 Å². The Bertz CT molecular complexity index is 1010. The van der Waals surface area contributed by atoms with Crippen molar-refractivity contribution in [1.29, 1.82) is 0 Å². The second kappa shape index (κ2) is 6.58. The summed E-state index contributed by atoms with van der Waals surface area (Å²) in [6, 6.07) is 15.2. The molecule has 0 aliphatic carbocycles. The van der Waals surface area contributed by atoms with E-state index in [4.69, 9.17) is 5.14 Å². The predicted molar refractivity (Wildman–Crippen MR) is 89.6 cm³/mol. The third kappa shape index (κ3) is 3.94. The number of benzene rings is 2. The number of hydrogen-bond acceptors (Lipinski definition) is 3. The molecule has 0 unspecified atom stereocenters. The SMILES string of the molecule is NS(=O)(=O)c1ccc(-c2cc(C(F)(F)F)nn2Cc2ccccc2)cc1. The average Bonchev–Trinajstić information content (AvgIpc) is 2.99. The van der Waals surface area contributed by atoms with Crippen LogP contribution in [0.4, 0.5) is 13.2 Å². The van der Waals surface area contributed by atoms with Crippen LogP contribution in [0.3, 0.4) is 0 Å². The monoisotopic (exact) mass is 381 g/mol. The molecule has 0 aliphatic heterocycles. The van der Waals surface area contributed by atoms with E-state index in [-0.39, 0.29) is 17.1 Å². The molecule has 3 aromatic rings. The standard InChI is InChI=1S/C17H14F3N3O2S/c18-17(19,20)16-10-15(13-6-8-14(9-7-13)26(21,24)25)23(22-16)11-12-4-2-1-3-5-12/h1-10H,11H2,(H2,21,24,25). The number of halogens is 3. The molecule has 0 bridgehead atoms. The van der Waals surface area contributed by atoms with Crippen molar-refractivity contribution in [3.63, 3.8) is 0 Å². The van der Waals surface area contributed by atoms with Crippen molar-refractivity contribution < 1.29 is 21.6 Å². The minimum Gasteiger partial charge on any atom is -0.260 e. The summed E-state index contributed by atoms with van der Waals surface area (Å²) in [6.07, 6.45) is -4.59. The van der Waals surface area contributed by atoms with Crippen LogP contribution in [0.1, 0.15) is 11.3 Å². The van der Waals surface area contributed by atoms with Gasteiger partial charge in [0.2, 0.25) is 10.0 Å². The lowest BCUT2D eigenvalue weighted by molar-refractivity contribution is -0.141. The van der Waals surface area contributed by atoms with Crippen molar-refractivity contribution in [2.24, 2.45) is 5.14 Å². The number of hydrogen-bond donors (Lipinski definition) is 1. The van der Waals surface area contributed by atoms with Crippen molar-refractivity contribution >= 4 is 10.0 Å². The summed E-state index contributed by atoms with van der Waals surface area (Å²) in [5.74, 6) is 0. The molecule has 0 amide bonds. The summed E-state index contributed by atoms with van der Waals surface area (Å²) in [6.45, 7) is 0.142. The van der Waals surface area contributed by atoms with Crippen LogP contribution in [0.5, 0.6) is 0 Å². The van der Waals surface area contributed by atoms with E-state index in [1.54, 1.807) is 30.3 Å². The zero-order chi connectivity index (χ0) is 18.9. The molecule has 2 aromatic carbocycles. The number of nitrogens with two attached hydrogens (primary N) is 1. The van der Waals surface area contributed by atoms with Crippen LogP contribution < -0.4 is 5.14 Å². The summed E-state index contributed by atoms with van der Waals surface area (Å²) in [7, 11) is -3.88. The third-order valence-electron chi connectivity index (χ3n) is 3.72. The Labute approximate surface area is 147 Å². The maximum Gasteiger partial charge on any atom is 0.435 e. The van der Waals surface area contributed by atoms with E-state index >= 15 is 0 Å². The van der Waals surface area contributed by atoms with Gasteiger partial charge >= 0.3 is 6.18 Å². The molecular formula is C17H14F3N3O2S. The van der Waals surface area contributed by atoms with E-state index < -0.39 is 21.9 Å². The molecular weight excluding hydrogens is 367 g/mol. The first-order chi connectivity index (χ1) is 12.1. The molecule has 1 heterocycles. The number of rotatable bonds is 4. The highest BCUT2D eigenvalue weighted by Gasteiger charge is 2.35. The van der Waals surface area contributed by atoms with Gasteiger partial charge < -0.3 is 0 Å². The molecule has 9 heteroatoms. The lowest BCUT2D eigenvalue weighted by Crippen LogP contribution is -2.12. The van der Waals surface area contributed by atoms with Crippen LogP contribution in [-0.4, -0.2) is 18.2 Å². The van der Waals surface area contributed by atoms with Crippen LogP contribution in [0, 0.1) is 0 Å². The van der Waals surface area contributed by atoms with Gasteiger partial charge in [-0.1, -0.05) is 42.5 Å². The van der Waals surface area contributed by atoms with Crippen molar-refractivity contribution in [1.82, 2.24) is 9.78 Å². The molecule has 0 spiro atoms. The second-order valence-electron chi connectivity index (χ2n) is 5.63. The number of aromatic nitrogens is 2. The Balaban J connectivity index is 2.06. The first-order valence-electron chi connectivity index (χ1n) is 7.47. The van der Waals surface area contributed by atoms with Gasteiger partial charge in [-0.15, -0.1) is 0 Å². The average molecular weight is 381 g/mol. The van der Waals surface area contributed by atoms with Crippen LogP contribution in [-0.2, 0) is 22.7 Å². The Morgan fingerprint density at radius 2 is 1.62 bits per heavy atom. The number of primary sulfonamides is 1. The van der Waals surface area contributed by atoms with Crippen LogP contribution in [0.25, 0.3) is 11.3 Å². The second-order valence-corrected chi connectivity index (χ2v) is 7.19. The Morgan fingerprint density at radius 1 is 1.00 bits per heavy atom. The van der Waals surface area contributed by atoms with Crippen molar-refractivity contribution in [2.45, 2.75) is 17.6 Å². The minimum absolute atomic E-state index is 0.119. The Morgan fingerprint density at radius 3 is 2.15 bits per heavy atom. The Hall–Kier alpha value is -2.65. The van der Waals surface area contributed by atoms with Crippen LogP contribution in [0.15, 0.2) is 65.6 Å². The summed E-state index contributed by atoms with van der Waals surface area (Å²) >= 11 is 0. The van der Waals surface area contributed by atoms with Gasteiger partial charge in [-0.3, -0.25) is 4.68 Å². The fraction of sp³-hybridized carbons (Fsp3) is 0.118. The van der Waals surface area contributed by atoms with E-state index in [0.29, 0.717) is 5.56 Å². The lowest BCUT2D eigenvalue weighted by atomic mass is 10.1. The summed E-state index contributed by atoms with van der Waals surface area (Å²) in [5, 5.41) is 8.72. The van der Waals surface area contributed by atoms with Gasteiger partial charge in [0.05, 0.1) is 17.1 Å². The van der Waals surface area contributed by atoms with E-state index in [1.165, 1.54) is 28.9 Å². The first kappa shape index (κ1) is 18.2. The van der Waals surface area contributed by atoms with E-state index in [2.05, 4.69) is 5.10 Å². The zero-order valence-corrected chi connectivity index (χ0v) is 14.1. The highest BCUT2D eigenvalue weighted by Crippen LogP contribution is 2.32. The molecule has 0 fully saturated rings. The molecule has 3 rings (SSSR count). The fourth-order valence-electron chi connectivity index (χ4n) is 2.48. The van der Waals surface area contributed by atoms with Gasteiger partial charge in [-0.25, -0.2) is 13.6 Å². The maximum absolute atomic E-state index is 13.1. The zero-order valence-electron chi connectivity index (χ0n) is 13.3. The summed E-state index contributed by atoms with van der Waals surface area (Å²) in [5.41, 5.74) is 0.393. The van der Waals surface area contributed by atoms with Gasteiger partial charge in [-0.05, 0) is 29.3 Å². The molecule has 136 valence electrons. The van der Waals surface area contributed by atoms with Crippen molar-refractivity contribution in [3.05, 3.63) is 71.9 Å². The largest absolute Gasteiger partial charge is 0.435 e. The summed E-state index contributed by atoms with van der Waals surface area (Å²) in [4.78, 5) is -0.119. The molecule has 0 aliphatic rings. The maximum atomic E-state index is 13.1. The van der Waals surface area contributed by atoms with Gasteiger partial charge in [-0.2, -0.15) is 18.3 Å². The third-order valence-corrected chi connectivity index (χ3v) is 4.65. The quantitative estimate of drug-likeness (QED) is 0.753. The molecule has 0 saturated carbocycles. The minimum atomic E-state index is -4.59. The van der Waals surface area contributed by atoms with Gasteiger partial charge in [0.15, 0.2) is 5.69 Å². The molecule has 0 saturated heterocycles. The fourth-order valence-corrected chi connectivity index (χ4v) is 3.00. The Kier molecular flexibility index (Phi) is 4.59. The molecule has 5 nitrogen and oxygen atoms in total. The van der Waals surface area contributed by atoms with E-state index in [9.17, 15) is 21.6 Å². The predicted octanol–water partition coefficient (Wildman–Crippen LogP) is 3.26. The van der Waals surface area contributed by atoms with Crippen LogP contribution >= 0.6 is 0 Å². The summed E-state index contributed by atoms with van der Waals surface area (Å²) < 4.78 is 63.2. The highest BCUT2D eigenvalue weighted by molar-refractivity contribution is 7.89. The van der Waals surface area contributed by atoms with Crippen molar-refractivity contribution in [3.8, 4) is 11.3 Å². The lowest BCUT2D eigenvalue weighted by Gasteiger charge is -2.08. The molecule has 26 heavy (non-hydrogen) atoms. The number of alkyl halides is 3. The topological polar surface area (TPSA) is 78.0 Å². The first-order valence-corrected chi connectivity index (χ1v) is 9.01. The normalized spacial score (nSPS) is 12.3. The number of nitrogens with zero attached hydrogens (tertiary/aromatic N) is 2. The molecule has 2 N–H and O–H groups in total. The highest BCUT2D eigenvalue weighted by atomic mass is 32.2. The molecule has 0 radical (unpaired) electrons. The number of sulfonamides is 1. The van der Waals surface area contributed by atoms with E-state index in [1.807, 2.05) is 0 Å². The van der Waals surface area contributed by atoms with E-state index in [0.717, 1.165) is 11.6 Å². The van der Waals surface area contributed by atoms with Crippen LogP contribution in [0.2, 0.25) is 0 Å².